The van der Waals surface area contributed by atoms with Crippen molar-refractivity contribution in [2.45, 2.75) is 13.3 Å². The second-order valence-corrected chi connectivity index (χ2v) is 4.69. The van der Waals surface area contributed by atoms with E-state index in [1.165, 1.54) is 0 Å². The molecule has 1 N–H and O–H groups in total. The lowest BCUT2D eigenvalue weighted by Crippen LogP contribution is -2.36. The van der Waals surface area contributed by atoms with Gasteiger partial charge in [-0.25, -0.2) is 0 Å². The molecule has 5 heteroatoms. The number of carboxylic acid groups (broad SMARTS) is 1. The summed E-state index contributed by atoms with van der Waals surface area (Å²) < 4.78 is 5.04. The zero-order chi connectivity index (χ0) is 13.3. The van der Waals surface area contributed by atoms with Crippen LogP contribution in [0.5, 0.6) is 0 Å². The van der Waals surface area contributed by atoms with Gasteiger partial charge in [0.1, 0.15) is 0 Å². The van der Waals surface area contributed by atoms with Crippen LogP contribution in [0.25, 0.3) is 0 Å². The molecule has 17 heavy (non-hydrogen) atoms. The molecular formula is C12H26N2O3. The van der Waals surface area contributed by atoms with Crippen molar-refractivity contribution >= 4 is 5.97 Å². The fourth-order valence-electron chi connectivity index (χ4n) is 1.59. The van der Waals surface area contributed by atoms with Crippen LogP contribution in [-0.4, -0.2) is 74.9 Å². The van der Waals surface area contributed by atoms with E-state index in [1.54, 1.807) is 14.0 Å². The van der Waals surface area contributed by atoms with Crippen molar-refractivity contribution in [1.82, 2.24) is 9.80 Å². The molecule has 1 atom stereocenters. The van der Waals surface area contributed by atoms with Crippen molar-refractivity contribution in [1.29, 1.82) is 0 Å². The molecule has 0 saturated carbocycles. The van der Waals surface area contributed by atoms with E-state index in [1.807, 2.05) is 14.1 Å². The molecule has 0 bridgehead atoms. The number of methoxy groups -OCH3 is 1. The Morgan fingerprint density at radius 3 is 2.41 bits per heavy atom. The molecular weight excluding hydrogens is 220 g/mol. The topological polar surface area (TPSA) is 53.0 Å². The molecule has 0 spiro atoms. The van der Waals surface area contributed by atoms with Crippen molar-refractivity contribution in [3.05, 3.63) is 0 Å². The fraction of sp³-hybridized carbons (Fsp3) is 0.917. The highest BCUT2D eigenvalue weighted by Gasteiger charge is 2.15. The van der Waals surface area contributed by atoms with Crippen LogP contribution in [0.2, 0.25) is 0 Å². The van der Waals surface area contributed by atoms with Crippen molar-refractivity contribution in [3.8, 4) is 0 Å². The number of aliphatic carboxylic acids is 1. The van der Waals surface area contributed by atoms with Crippen LogP contribution < -0.4 is 0 Å². The number of carboxylic acids is 1. The van der Waals surface area contributed by atoms with Gasteiger partial charge in [-0.2, -0.15) is 0 Å². The van der Waals surface area contributed by atoms with Crippen LogP contribution in [0.1, 0.15) is 13.3 Å². The monoisotopic (exact) mass is 246 g/mol. The minimum absolute atomic E-state index is 0.328. The quantitative estimate of drug-likeness (QED) is 0.612. The standard InChI is InChI=1S/C12H26N2O3/c1-11(12(15)16)10-14(8-9-17-4)7-5-6-13(2)3/h11H,5-10H2,1-4H3,(H,15,16). The summed E-state index contributed by atoms with van der Waals surface area (Å²) in [6.45, 7) is 5.71. The SMILES string of the molecule is COCCN(CCCN(C)C)CC(C)C(=O)O. The summed E-state index contributed by atoms with van der Waals surface area (Å²) in [5, 5.41) is 8.90. The van der Waals surface area contributed by atoms with Crippen molar-refractivity contribution in [3.63, 3.8) is 0 Å². The fourth-order valence-corrected chi connectivity index (χ4v) is 1.59. The molecule has 0 aromatic carbocycles. The molecule has 0 fully saturated rings. The summed E-state index contributed by atoms with van der Waals surface area (Å²) in [4.78, 5) is 15.1. The molecule has 0 heterocycles. The highest BCUT2D eigenvalue weighted by Crippen LogP contribution is 2.02. The Bertz CT molecular complexity index is 210. The maximum Gasteiger partial charge on any atom is 0.307 e. The Kier molecular flexibility index (Phi) is 9.03. The Hall–Kier alpha value is -0.650. The molecule has 0 amide bonds. The van der Waals surface area contributed by atoms with E-state index in [-0.39, 0.29) is 5.92 Å². The lowest BCUT2D eigenvalue weighted by Gasteiger charge is -2.24. The molecule has 0 aliphatic rings. The van der Waals surface area contributed by atoms with Gasteiger partial charge in [-0.1, -0.05) is 6.92 Å². The number of nitrogens with zero attached hydrogens (tertiary/aromatic N) is 2. The van der Waals surface area contributed by atoms with Crippen molar-refractivity contribution in [2.24, 2.45) is 5.92 Å². The molecule has 0 saturated heterocycles. The summed E-state index contributed by atoms with van der Waals surface area (Å²) >= 11 is 0. The highest BCUT2D eigenvalue weighted by molar-refractivity contribution is 5.69. The Labute approximate surface area is 104 Å². The minimum atomic E-state index is -0.736. The van der Waals surface area contributed by atoms with E-state index < -0.39 is 5.97 Å². The third-order valence-electron chi connectivity index (χ3n) is 2.64. The molecule has 102 valence electrons. The number of rotatable bonds is 10. The van der Waals surface area contributed by atoms with Crippen LogP contribution in [0.3, 0.4) is 0 Å². The first-order chi connectivity index (χ1) is 7.97. The van der Waals surface area contributed by atoms with E-state index in [2.05, 4.69) is 9.80 Å². The molecule has 0 aliphatic heterocycles. The van der Waals surface area contributed by atoms with Gasteiger partial charge in [-0.15, -0.1) is 0 Å². The highest BCUT2D eigenvalue weighted by atomic mass is 16.5. The summed E-state index contributed by atoms with van der Waals surface area (Å²) in [6, 6.07) is 0. The summed E-state index contributed by atoms with van der Waals surface area (Å²) in [7, 11) is 5.75. The third kappa shape index (κ3) is 9.09. The Morgan fingerprint density at radius 2 is 1.94 bits per heavy atom. The van der Waals surface area contributed by atoms with Crippen LogP contribution in [0.4, 0.5) is 0 Å². The predicted octanol–water partition coefficient (Wildman–Crippen LogP) is 0.607. The zero-order valence-electron chi connectivity index (χ0n) is 11.5. The number of hydrogen-bond donors (Lipinski definition) is 1. The smallest absolute Gasteiger partial charge is 0.307 e. The maximum atomic E-state index is 10.8. The molecule has 0 rings (SSSR count). The van der Waals surface area contributed by atoms with E-state index in [0.717, 1.165) is 26.1 Å². The number of ether oxygens (including phenoxy) is 1. The Morgan fingerprint density at radius 1 is 1.29 bits per heavy atom. The van der Waals surface area contributed by atoms with Crippen LogP contribution >= 0.6 is 0 Å². The van der Waals surface area contributed by atoms with Gasteiger partial charge in [0.25, 0.3) is 0 Å². The van der Waals surface area contributed by atoms with Gasteiger partial charge in [0.05, 0.1) is 12.5 Å². The van der Waals surface area contributed by atoms with Crippen LogP contribution in [0.15, 0.2) is 0 Å². The second-order valence-electron chi connectivity index (χ2n) is 4.69. The predicted molar refractivity (Wildman–Crippen MR) is 68.3 cm³/mol. The van der Waals surface area contributed by atoms with Gasteiger partial charge >= 0.3 is 5.97 Å². The van der Waals surface area contributed by atoms with Gasteiger partial charge in [0, 0.05) is 20.2 Å². The largest absolute Gasteiger partial charge is 0.481 e. The first-order valence-electron chi connectivity index (χ1n) is 6.06. The maximum absolute atomic E-state index is 10.8. The normalized spacial score (nSPS) is 13.3. The zero-order valence-corrected chi connectivity index (χ0v) is 11.5. The first-order valence-corrected chi connectivity index (χ1v) is 6.06. The molecule has 0 aromatic rings. The molecule has 0 radical (unpaired) electrons. The van der Waals surface area contributed by atoms with Crippen LogP contribution in [-0.2, 0) is 9.53 Å². The van der Waals surface area contributed by atoms with Crippen molar-refractivity contribution < 1.29 is 14.6 Å². The van der Waals surface area contributed by atoms with Gasteiger partial charge in [0.2, 0.25) is 0 Å². The summed E-state index contributed by atoms with van der Waals surface area (Å²) in [6.07, 6.45) is 1.04. The summed E-state index contributed by atoms with van der Waals surface area (Å²) in [5.41, 5.74) is 0. The van der Waals surface area contributed by atoms with E-state index in [0.29, 0.717) is 13.2 Å². The van der Waals surface area contributed by atoms with Crippen LogP contribution in [0, 0.1) is 5.92 Å². The molecule has 5 nitrogen and oxygen atoms in total. The average Bonchev–Trinajstić information content (AvgIpc) is 2.24. The van der Waals surface area contributed by atoms with E-state index in [4.69, 9.17) is 9.84 Å². The number of carbonyl (C=O) groups is 1. The molecule has 1 unspecified atom stereocenters. The molecule has 0 aliphatic carbocycles. The van der Waals surface area contributed by atoms with Gasteiger partial charge in [0.15, 0.2) is 0 Å². The lowest BCUT2D eigenvalue weighted by molar-refractivity contribution is -0.141. The first kappa shape index (κ1) is 16.4. The van der Waals surface area contributed by atoms with Gasteiger partial charge < -0.3 is 19.6 Å². The van der Waals surface area contributed by atoms with E-state index in [9.17, 15) is 4.79 Å². The molecule has 0 aromatic heterocycles. The van der Waals surface area contributed by atoms with E-state index >= 15 is 0 Å². The van der Waals surface area contributed by atoms with Gasteiger partial charge in [-0.3, -0.25) is 4.79 Å². The second kappa shape index (κ2) is 9.39. The Balaban J connectivity index is 3.99. The average molecular weight is 246 g/mol. The number of hydrogen-bond acceptors (Lipinski definition) is 4. The lowest BCUT2D eigenvalue weighted by atomic mass is 10.1. The van der Waals surface area contributed by atoms with Gasteiger partial charge in [-0.05, 0) is 33.6 Å². The minimum Gasteiger partial charge on any atom is -0.481 e. The van der Waals surface area contributed by atoms with Crippen molar-refractivity contribution in [2.75, 3.05) is 54.0 Å². The summed E-state index contributed by atoms with van der Waals surface area (Å²) in [5.74, 6) is -1.06. The third-order valence-corrected chi connectivity index (χ3v) is 2.64.